The minimum absolute atomic E-state index is 0.297. The van der Waals surface area contributed by atoms with Gasteiger partial charge >= 0.3 is 0 Å². The highest BCUT2D eigenvalue weighted by Crippen LogP contribution is 2.22. The van der Waals surface area contributed by atoms with Crippen LogP contribution in [-0.2, 0) is 21.4 Å². The van der Waals surface area contributed by atoms with Gasteiger partial charge in [0.1, 0.15) is 18.9 Å². The van der Waals surface area contributed by atoms with E-state index in [1.807, 2.05) is 54.6 Å². The monoisotopic (exact) mass is 504 g/mol. The summed E-state index contributed by atoms with van der Waals surface area (Å²) in [5, 5.41) is 3.44. The average Bonchev–Trinajstić information content (AvgIpc) is 2.80. The Morgan fingerprint density at radius 3 is 2.30 bits per heavy atom. The molecule has 0 atom stereocenters. The zero-order valence-electron chi connectivity index (χ0n) is 18.1. The molecule has 0 aliphatic heterocycles. The van der Waals surface area contributed by atoms with Gasteiger partial charge in [0.2, 0.25) is 15.9 Å². The van der Waals surface area contributed by atoms with E-state index in [4.69, 9.17) is 16.3 Å². The first-order valence-electron chi connectivity index (χ1n) is 10.2. The van der Waals surface area contributed by atoms with Crippen LogP contribution in [0.3, 0.4) is 0 Å². The third-order valence-corrected chi connectivity index (χ3v) is 6.97. The molecule has 0 unspecified atom stereocenters. The largest absolute Gasteiger partial charge is 0.489 e. The van der Waals surface area contributed by atoms with Crippen LogP contribution >= 0.6 is 23.4 Å². The number of halogens is 1. The number of anilines is 1. The molecule has 0 fully saturated rings. The first kappa shape index (κ1) is 25.0. The van der Waals surface area contributed by atoms with E-state index in [0.717, 1.165) is 21.0 Å². The van der Waals surface area contributed by atoms with Crippen LogP contribution in [0.5, 0.6) is 5.75 Å². The second-order valence-corrected chi connectivity index (χ2v) is 10.7. The molecule has 6 nitrogen and oxygen atoms in total. The van der Waals surface area contributed by atoms with Crippen molar-refractivity contribution < 1.29 is 17.9 Å². The topological polar surface area (TPSA) is 75.7 Å². The summed E-state index contributed by atoms with van der Waals surface area (Å²) in [7, 11) is -3.64. The number of hydrogen-bond donors (Lipinski definition) is 1. The highest BCUT2D eigenvalue weighted by molar-refractivity contribution is 7.99. The normalized spacial score (nSPS) is 11.1. The first-order valence-corrected chi connectivity index (χ1v) is 13.4. The molecule has 0 radical (unpaired) electrons. The Kier molecular flexibility index (Phi) is 9.05. The smallest absolute Gasteiger partial charge is 0.240 e. The Bertz CT molecular complexity index is 1140. The van der Waals surface area contributed by atoms with Crippen molar-refractivity contribution in [3.05, 3.63) is 89.4 Å². The molecule has 0 heterocycles. The number of nitrogens with one attached hydrogen (secondary N) is 1. The number of hydrogen-bond acceptors (Lipinski definition) is 5. The second-order valence-electron chi connectivity index (χ2n) is 7.19. The fourth-order valence-corrected chi connectivity index (χ4v) is 4.68. The molecular weight excluding hydrogens is 480 g/mol. The summed E-state index contributed by atoms with van der Waals surface area (Å²) in [6.45, 7) is 0.525. The Labute approximate surface area is 204 Å². The lowest BCUT2D eigenvalue weighted by Gasteiger charge is -2.22. The Balaban J connectivity index is 1.52. The highest BCUT2D eigenvalue weighted by atomic mass is 35.5. The molecule has 1 amide bonds. The van der Waals surface area contributed by atoms with E-state index in [1.165, 1.54) is 0 Å². The van der Waals surface area contributed by atoms with Crippen LogP contribution in [0.4, 0.5) is 5.69 Å². The summed E-state index contributed by atoms with van der Waals surface area (Å²) in [5.41, 5.74) is 1.43. The van der Waals surface area contributed by atoms with Crippen molar-refractivity contribution in [1.82, 2.24) is 5.32 Å². The third kappa shape index (κ3) is 8.31. The summed E-state index contributed by atoms with van der Waals surface area (Å²) in [4.78, 5) is 13.4. The number of nitrogens with zero attached hydrogens (tertiary/aromatic N) is 1. The number of carbonyl (C=O) groups excluding carboxylic acids is 1. The van der Waals surface area contributed by atoms with E-state index in [2.05, 4.69) is 5.32 Å². The van der Waals surface area contributed by atoms with Gasteiger partial charge in [0.15, 0.2) is 0 Å². The quantitative estimate of drug-likeness (QED) is 0.305. The van der Waals surface area contributed by atoms with E-state index >= 15 is 0 Å². The zero-order chi connectivity index (χ0) is 23.7. The number of ether oxygens (including phenoxy) is 1. The van der Waals surface area contributed by atoms with Crippen molar-refractivity contribution in [2.75, 3.05) is 29.4 Å². The zero-order valence-corrected chi connectivity index (χ0v) is 20.5. The van der Waals surface area contributed by atoms with E-state index in [9.17, 15) is 13.2 Å². The molecule has 0 aliphatic carbocycles. The summed E-state index contributed by atoms with van der Waals surface area (Å²) in [5.74, 6) is 0.890. The standard InChI is InChI=1S/C24H25ClN2O4S2/c1-33(29,30)27(17-24(28)26-15-16-32-23-13-7-20(25)8-14-23)21-9-11-22(12-10-21)31-18-19-5-3-2-4-6-19/h2-14H,15-18H2,1H3,(H,26,28). The van der Waals surface area contributed by atoms with Gasteiger partial charge in [0, 0.05) is 22.2 Å². The Hall–Kier alpha value is -2.68. The van der Waals surface area contributed by atoms with Gasteiger partial charge in [-0.05, 0) is 54.1 Å². The van der Waals surface area contributed by atoms with Crippen molar-refractivity contribution in [3.8, 4) is 5.75 Å². The number of amides is 1. The molecule has 0 spiro atoms. The minimum Gasteiger partial charge on any atom is -0.489 e. The van der Waals surface area contributed by atoms with Crippen LogP contribution in [0.2, 0.25) is 5.02 Å². The second kappa shape index (κ2) is 12.0. The summed E-state index contributed by atoms with van der Waals surface area (Å²) in [6, 6.07) is 23.8. The van der Waals surface area contributed by atoms with E-state index < -0.39 is 10.0 Å². The molecule has 9 heteroatoms. The van der Waals surface area contributed by atoms with Gasteiger partial charge in [-0.3, -0.25) is 9.10 Å². The number of carbonyl (C=O) groups is 1. The van der Waals surface area contributed by atoms with Crippen molar-refractivity contribution in [3.63, 3.8) is 0 Å². The van der Waals surface area contributed by atoms with E-state index in [1.54, 1.807) is 36.0 Å². The van der Waals surface area contributed by atoms with Crippen LogP contribution in [-0.4, -0.2) is 39.4 Å². The lowest BCUT2D eigenvalue weighted by atomic mass is 10.2. The van der Waals surface area contributed by atoms with E-state index in [-0.39, 0.29) is 12.5 Å². The molecule has 1 N–H and O–H groups in total. The van der Waals surface area contributed by atoms with Crippen LogP contribution in [0, 0.1) is 0 Å². The maximum Gasteiger partial charge on any atom is 0.240 e. The molecule has 0 saturated carbocycles. The SMILES string of the molecule is CS(=O)(=O)N(CC(=O)NCCSc1ccc(Cl)cc1)c1ccc(OCc2ccccc2)cc1. The lowest BCUT2D eigenvalue weighted by Crippen LogP contribution is -2.41. The predicted molar refractivity (Wildman–Crippen MR) is 135 cm³/mol. The van der Waals surface area contributed by atoms with Gasteiger partial charge in [-0.25, -0.2) is 8.42 Å². The van der Waals surface area contributed by atoms with Gasteiger partial charge in [0.25, 0.3) is 0 Å². The van der Waals surface area contributed by atoms with Gasteiger partial charge in [-0.2, -0.15) is 0 Å². The molecule has 3 rings (SSSR count). The summed E-state index contributed by atoms with van der Waals surface area (Å²) < 4.78 is 31.4. The van der Waals surface area contributed by atoms with Crippen LogP contribution in [0.1, 0.15) is 5.56 Å². The van der Waals surface area contributed by atoms with Crippen molar-refractivity contribution in [1.29, 1.82) is 0 Å². The maximum atomic E-state index is 12.4. The molecule has 174 valence electrons. The Morgan fingerprint density at radius 1 is 1.00 bits per heavy atom. The lowest BCUT2D eigenvalue weighted by molar-refractivity contribution is -0.119. The van der Waals surface area contributed by atoms with Gasteiger partial charge in [-0.15, -0.1) is 11.8 Å². The van der Waals surface area contributed by atoms with Gasteiger partial charge < -0.3 is 10.1 Å². The summed E-state index contributed by atoms with van der Waals surface area (Å²) in [6.07, 6.45) is 1.08. The average molecular weight is 505 g/mol. The number of rotatable bonds is 11. The fourth-order valence-electron chi connectivity index (χ4n) is 2.93. The van der Waals surface area contributed by atoms with Crippen LogP contribution in [0.15, 0.2) is 83.8 Å². The molecule has 0 aliphatic rings. The molecule has 3 aromatic rings. The fraction of sp³-hybridized carbons (Fsp3) is 0.208. The Morgan fingerprint density at radius 2 is 1.67 bits per heavy atom. The third-order valence-electron chi connectivity index (χ3n) is 4.57. The molecule has 33 heavy (non-hydrogen) atoms. The minimum atomic E-state index is -3.64. The predicted octanol–water partition coefficient (Wildman–Crippen LogP) is 4.59. The van der Waals surface area contributed by atoms with Crippen molar-refractivity contribution >= 4 is 45.0 Å². The van der Waals surface area contributed by atoms with Crippen molar-refractivity contribution in [2.24, 2.45) is 0 Å². The van der Waals surface area contributed by atoms with Crippen LogP contribution < -0.4 is 14.4 Å². The molecule has 3 aromatic carbocycles. The highest BCUT2D eigenvalue weighted by Gasteiger charge is 2.20. The van der Waals surface area contributed by atoms with Gasteiger partial charge in [-0.1, -0.05) is 41.9 Å². The summed E-state index contributed by atoms with van der Waals surface area (Å²) >= 11 is 7.45. The maximum absolute atomic E-state index is 12.4. The number of thioether (sulfide) groups is 1. The molecule has 0 aromatic heterocycles. The first-order chi connectivity index (χ1) is 15.8. The number of sulfonamides is 1. The molecule has 0 bridgehead atoms. The van der Waals surface area contributed by atoms with Crippen LogP contribution in [0.25, 0.3) is 0 Å². The molecular formula is C24H25ClN2O4S2. The number of benzene rings is 3. The van der Waals surface area contributed by atoms with Crippen molar-refractivity contribution in [2.45, 2.75) is 11.5 Å². The van der Waals surface area contributed by atoms with E-state index in [0.29, 0.717) is 35.4 Å². The van der Waals surface area contributed by atoms with Gasteiger partial charge in [0.05, 0.1) is 11.9 Å². The molecule has 0 saturated heterocycles.